The van der Waals surface area contributed by atoms with Crippen LogP contribution < -0.4 is 4.87 Å². The molecule has 0 bridgehead atoms. The highest BCUT2D eigenvalue weighted by Gasteiger charge is 2.10. The molecular formula is C16H15N5O2S. The average molecular weight is 341 g/mol. The van der Waals surface area contributed by atoms with Crippen LogP contribution in [0, 0.1) is 6.92 Å². The van der Waals surface area contributed by atoms with Crippen LogP contribution in [0.4, 0.5) is 0 Å². The molecule has 4 aromatic rings. The maximum Gasteiger partial charge on any atom is 0.307 e. The first kappa shape index (κ1) is 14.8. The summed E-state index contributed by atoms with van der Waals surface area (Å²) in [7, 11) is 0. The van der Waals surface area contributed by atoms with Crippen molar-refractivity contribution in [2.24, 2.45) is 0 Å². The minimum absolute atomic E-state index is 0.0390. The van der Waals surface area contributed by atoms with Crippen LogP contribution in [0.25, 0.3) is 11.0 Å². The summed E-state index contributed by atoms with van der Waals surface area (Å²) in [6.07, 6.45) is 2.31. The molecular weight excluding hydrogens is 326 g/mol. The zero-order chi connectivity index (χ0) is 16.5. The van der Waals surface area contributed by atoms with Gasteiger partial charge in [0, 0.05) is 24.0 Å². The molecule has 0 saturated heterocycles. The van der Waals surface area contributed by atoms with Gasteiger partial charge in [0.05, 0.1) is 23.9 Å². The monoisotopic (exact) mass is 341 g/mol. The van der Waals surface area contributed by atoms with E-state index in [1.807, 2.05) is 41.1 Å². The van der Waals surface area contributed by atoms with Crippen molar-refractivity contribution < 1.29 is 4.52 Å². The largest absolute Gasteiger partial charge is 0.339 e. The number of imidazole rings is 1. The SMILES string of the molecule is Cc1csc(=O)n1CCc1nc(Cn2cnc3ccccc32)no1. The fraction of sp³-hybridized carbons (Fsp3) is 0.250. The van der Waals surface area contributed by atoms with Crippen molar-refractivity contribution in [2.75, 3.05) is 0 Å². The number of aryl methyl sites for hydroxylation is 2. The van der Waals surface area contributed by atoms with Crippen LogP contribution in [0.3, 0.4) is 0 Å². The second-order valence-corrected chi connectivity index (χ2v) is 6.33. The number of nitrogens with zero attached hydrogens (tertiary/aromatic N) is 5. The van der Waals surface area contributed by atoms with Crippen LogP contribution in [0.1, 0.15) is 17.4 Å². The second kappa shape index (κ2) is 6.04. The van der Waals surface area contributed by atoms with Crippen LogP contribution >= 0.6 is 11.3 Å². The van der Waals surface area contributed by atoms with E-state index in [2.05, 4.69) is 15.1 Å². The molecule has 0 radical (unpaired) electrons. The third kappa shape index (κ3) is 2.76. The Morgan fingerprint density at radius 3 is 3.00 bits per heavy atom. The lowest BCUT2D eigenvalue weighted by Gasteiger charge is -2.00. The number of hydrogen-bond donors (Lipinski definition) is 0. The minimum atomic E-state index is 0.0390. The lowest BCUT2D eigenvalue weighted by molar-refractivity contribution is 0.365. The van der Waals surface area contributed by atoms with Crippen molar-refractivity contribution in [1.29, 1.82) is 0 Å². The summed E-state index contributed by atoms with van der Waals surface area (Å²) in [5.41, 5.74) is 2.92. The fourth-order valence-corrected chi connectivity index (χ4v) is 3.39. The van der Waals surface area contributed by atoms with Crippen LogP contribution in [0.5, 0.6) is 0 Å². The van der Waals surface area contributed by atoms with E-state index in [0.717, 1.165) is 16.7 Å². The van der Waals surface area contributed by atoms with E-state index in [4.69, 9.17) is 4.52 Å². The lowest BCUT2D eigenvalue weighted by atomic mass is 10.3. The van der Waals surface area contributed by atoms with Gasteiger partial charge < -0.3 is 13.7 Å². The first-order valence-electron chi connectivity index (χ1n) is 7.57. The highest BCUT2D eigenvalue weighted by Crippen LogP contribution is 2.13. The molecule has 4 rings (SSSR count). The van der Waals surface area contributed by atoms with Crippen LogP contribution in [-0.4, -0.2) is 24.3 Å². The molecule has 1 aromatic carbocycles. The Hall–Kier alpha value is -2.74. The Kier molecular flexibility index (Phi) is 3.73. The fourth-order valence-electron chi connectivity index (χ4n) is 2.63. The Morgan fingerprint density at radius 1 is 1.29 bits per heavy atom. The topological polar surface area (TPSA) is 78.7 Å². The van der Waals surface area contributed by atoms with Crippen LogP contribution in [0.2, 0.25) is 0 Å². The molecule has 0 saturated carbocycles. The number of hydrogen-bond acceptors (Lipinski definition) is 6. The number of fused-ring (bicyclic) bond motifs is 1. The Balaban J connectivity index is 1.48. The van der Waals surface area contributed by atoms with Crippen molar-refractivity contribution in [3.8, 4) is 0 Å². The van der Waals surface area contributed by atoms with Crippen molar-refractivity contribution in [2.45, 2.75) is 26.4 Å². The van der Waals surface area contributed by atoms with Gasteiger partial charge in [-0.05, 0) is 19.1 Å². The van der Waals surface area contributed by atoms with Gasteiger partial charge in [-0.1, -0.05) is 28.6 Å². The van der Waals surface area contributed by atoms with E-state index in [1.54, 1.807) is 10.9 Å². The Morgan fingerprint density at radius 2 is 2.17 bits per heavy atom. The van der Waals surface area contributed by atoms with Crippen molar-refractivity contribution in [3.05, 3.63) is 63.0 Å². The van der Waals surface area contributed by atoms with Crippen molar-refractivity contribution >= 4 is 22.4 Å². The number of aromatic nitrogens is 5. The zero-order valence-electron chi connectivity index (χ0n) is 13.0. The Bertz CT molecular complexity index is 1040. The van der Waals surface area contributed by atoms with Gasteiger partial charge in [0.1, 0.15) is 0 Å². The number of rotatable bonds is 5. The molecule has 8 heteroatoms. The maximum atomic E-state index is 11.7. The van der Waals surface area contributed by atoms with Gasteiger partial charge in [0.15, 0.2) is 5.82 Å². The zero-order valence-corrected chi connectivity index (χ0v) is 13.9. The third-order valence-corrected chi connectivity index (χ3v) is 4.76. The van der Waals surface area contributed by atoms with Crippen molar-refractivity contribution in [3.63, 3.8) is 0 Å². The first-order chi connectivity index (χ1) is 11.7. The summed E-state index contributed by atoms with van der Waals surface area (Å²) in [5, 5.41) is 5.88. The van der Waals surface area contributed by atoms with Gasteiger partial charge in [-0.25, -0.2) is 4.98 Å². The van der Waals surface area contributed by atoms with Crippen LogP contribution in [-0.2, 0) is 19.5 Å². The normalized spacial score (nSPS) is 11.4. The molecule has 0 unspecified atom stereocenters. The molecule has 0 amide bonds. The first-order valence-corrected chi connectivity index (χ1v) is 8.45. The van der Waals surface area contributed by atoms with E-state index >= 15 is 0 Å². The molecule has 122 valence electrons. The smallest absolute Gasteiger partial charge is 0.307 e. The van der Waals surface area contributed by atoms with E-state index in [-0.39, 0.29) is 4.87 Å². The minimum Gasteiger partial charge on any atom is -0.339 e. The van der Waals surface area contributed by atoms with Gasteiger partial charge in [-0.3, -0.25) is 4.79 Å². The molecule has 0 aliphatic rings. The molecule has 0 N–H and O–H groups in total. The summed E-state index contributed by atoms with van der Waals surface area (Å²) in [5.74, 6) is 1.13. The highest BCUT2D eigenvalue weighted by atomic mass is 32.1. The van der Waals surface area contributed by atoms with E-state index in [0.29, 0.717) is 31.2 Å². The van der Waals surface area contributed by atoms with Gasteiger partial charge >= 0.3 is 4.87 Å². The lowest BCUT2D eigenvalue weighted by Crippen LogP contribution is -2.16. The molecule has 0 fully saturated rings. The molecule has 0 aliphatic heterocycles. The van der Waals surface area contributed by atoms with Gasteiger partial charge in [-0.2, -0.15) is 4.98 Å². The summed E-state index contributed by atoms with van der Waals surface area (Å²) >= 11 is 1.21. The predicted octanol–water partition coefficient (Wildman–Crippen LogP) is 2.24. The second-order valence-electron chi connectivity index (χ2n) is 5.51. The highest BCUT2D eigenvalue weighted by molar-refractivity contribution is 7.07. The molecule has 0 spiro atoms. The van der Waals surface area contributed by atoms with E-state index < -0.39 is 0 Å². The molecule has 0 aliphatic carbocycles. The van der Waals surface area contributed by atoms with E-state index in [9.17, 15) is 4.79 Å². The maximum absolute atomic E-state index is 11.7. The number of para-hydroxylation sites is 2. The predicted molar refractivity (Wildman–Crippen MR) is 90.2 cm³/mol. The molecule has 3 heterocycles. The van der Waals surface area contributed by atoms with Gasteiger partial charge in [0.2, 0.25) is 5.89 Å². The molecule has 0 atom stereocenters. The van der Waals surface area contributed by atoms with Gasteiger partial charge in [-0.15, -0.1) is 0 Å². The Labute approximate surface area is 141 Å². The van der Waals surface area contributed by atoms with Crippen molar-refractivity contribution in [1.82, 2.24) is 24.3 Å². The van der Waals surface area contributed by atoms with Gasteiger partial charge in [0.25, 0.3) is 0 Å². The number of benzene rings is 1. The average Bonchev–Trinajstić information content (AvgIpc) is 3.28. The summed E-state index contributed by atoms with van der Waals surface area (Å²) < 4.78 is 9.00. The van der Waals surface area contributed by atoms with Crippen LogP contribution in [0.15, 0.2) is 45.3 Å². The molecule has 24 heavy (non-hydrogen) atoms. The third-order valence-electron chi connectivity index (χ3n) is 3.87. The summed E-state index contributed by atoms with van der Waals surface area (Å²) in [4.78, 5) is 20.5. The number of thiazole rings is 1. The quantitative estimate of drug-likeness (QED) is 0.556. The summed E-state index contributed by atoms with van der Waals surface area (Å²) in [6, 6.07) is 7.91. The molecule has 7 nitrogen and oxygen atoms in total. The van der Waals surface area contributed by atoms with E-state index in [1.165, 1.54) is 11.3 Å². The standard InChI is InChI=1S/C16H15N5O2S/c1-11-9-24-16(22)21(11)7-6-15-18-14(19-23-15)8-20-10-17-12-4-2-3-5-13(12)20/h2-5,9-10H,6-8H2,1H3. The summed E-state index contributed by atoms with van der Waals surface area (Å²) in [6.45, 7) is 2.96. The molecule has 3 aromatic heterocycles.